The summed E-state index contributed by atoms with van der Waals surface area (Å²) < 4.78 is 5.43. The standard InChI is InChI=1S/C20H14Cl2N2O5S2/c1-10(19(27)28)29-13-5-2-11(3-6-13)8-16-18(26)24(20(30)31-16)23-17(25)14-7-4-12(21)9-15(14)22/h2-10H,1H3,(H,23,25)(H,27,28)/b16-8+. The van der Waals surface area contributed by atoms with E-state index in [2.05, 4.69) is 5.43 Å². The van der Waals surface area contributed by atoms with Crippen molar-refractivity contribution in [2.24, 2.45) is 0 Å². The largest absolute Gasteiger partial charge is 0.479 e. The van der Waals surface area contributed by atoms with Gasteiger partial charge in [-0.15, -0.1) is 0 Å². The number of hydrogen-bond donors (Lipinski definition) is 2. The van der Waals surface area contributed by atoms with Crippen molar-refractivity contribution in [3.05, 3.63) is 68.5 Å². The van der Waals surface area contributed by atoms with Crippen LogP contribution in [0.15, 0.2) is 47.4 Å². The summed E-state index contributed by atoms with van der Waals surface area (Å²) in [6.07, 6.45) is 0.616. The quantitative estimate of drug-likeness (QED) is 0.452. The molecule has 0 radical (unpaired) electrons. The Kier molecular flexibility index (Phi) is 7.22. The van der Waals surface area contributed by atoms with Gasteiger partial charge in [-0.3, -0.25) is 15.0 Å². The molecule has 0 aliphatic carbocycles. The van der Waals surface area contributed by atoms with Crippen LogP contribution in [0.25, 0.3) is 6.08 Å². The van der Waals surface area contributed by atoms with Crippen LogP contribution in [0.1, 0.15) is 22.8 Å². The van der Waals surface area contributed by atoms with E-state index < -0.39 is 23.9 Å². The Bertz CT molecular complexity index is 1110. The number of ether oxygens (including phenoxy) is 1. The molecule has 3 rings (SSSR count). The van der Waals surface area contributed by atoms with Crippen molar-refractivity contribution >= 4 is 75.4 Å². The summed E-state index contributed by atoms with van der Waals surface area (Å²) in [7, 11) is 0. The van der Waals surface area contributed by atoms with Crippen LogP contribution in [0.2, 0.25) is 10.0 Å². The molecule has 7 nitrogen and oxygen atoms in total. The molecule has 1 unspecified atom stereocenters. The molecule has 1 aliphatic rings. The molecule has 1 fully saturated rings. The van der Waals surface area contributed by atoms with Gasteiger partial charge in [0.05, 0.1) is 15.5 Å². The van der Waals surface area contributed by atoms with E-state index in [1.807, 2.05) is 0 Å². The van der Waals surface area contributed by atoms with Crippen molar-refractivity contribution in [2.45, 2.75) is 13.0 Å². The van der Waals surface area contributed by atoms with Crippen LogP contribution in [-0.2, 0) is 9.59 Å². The van der Waals surface area contributed by atoms with Gasteiger partial charge in [0.1, 0.15) is 5.75 Å². The highest BCUT2D eigenvalue weighted by Crippen LogP contribution is 2.32. The molecule has 1 aliphatic heterocycles. The van der Waals surface area contributed by atoms with Gasteiger partial charge in [-0.2, -0.15) is 5.01 Å². The number of thiocarbonyl (C=S) groups is 1. The van der Waals surface area contributed by atoms with Gasteiger partial charge in [0, 0.05) is 5.02 Å². The van der Waals surface area contributed by atoms with Crippen molar-refractivity contribution in [3.8, 4) is 5.75 Å². The monoisotopic (exact) mass is 496 g/mol. The number of carbonyl (C=O) groups excluding carboxylic acids is 2. The molecule has 2 amide bonds. The van der Waals surface area contributed by atoms with Gasteiger partial charge in [-0.05, 0) is 61.1 Å². The molecule has 1 saturated heterocycles. The molecule has 2 aromatic carbocycles. The highest BCUT2D eigenvalue weighted by atomic mass is 35.5. The van der Waals surface area contributed by atoms with Crippen molar-refractivity contribution in [1.29, 1.82) is 0 Å². The predicted octanol–water partition coefficient (Wildman–Crippen LogP) is 4.39. The van der Waals surface area contributed by atoms with Crippen LogP contribution >= 0.6 is 47.2 Å². The van der Waals surface area contributed by atoms with Crippen molar-refractivity contribution < 1.29 is 24.2 Å². The fourth-order valence-corrected chi connectivity index (χ4v) is 4.12. The molecule has 0 saturated carbocycles. The SMILES string of the molecule is CC(Oc1ccc(/C=C2/SC(=S)N(NC(=O)c3ccc(Cl)cc3Cl)C2=O)cc1)C(=O)O. The average Bonchev–Trinajstić information content (AvgIpc) is 2.96. The van der Waals surface area contributed by atoms with Crippen LogP contribution in [0, 0.1) is 0 Å². The number of nitrogens with one attached hydrogen (secondary N) is 1. The number of benzene rings is 2. The number of hydrazine groups is 1. The molecule has 11 heteroatoms. The third-order valence-corrected chi connectivity index (χ3v) is 5.87. The second kappa shape index (κ2) is 9.69. The molecule has 2 aromatic rings. The molecular weight excluding hydrogens is 483 g/mol. The lowest BCUT2D eigenvalue weighted by molar-refractivity contribution is -0.144. The fourth-order valence-electron chi connectivity index (χ4n) is 2.45. The Hall–Kier alpha value is -2.59. The van der Waals surface area contributed by atoms with E-state index in [-0.39, 0.29) is 14.9 Å². The summed E-state index contributed by atoms with van der Waals surface area (Å²) in [5.74, 6) is -1.79. The maximum atomic E-state index is 12.7. The number of carbonyl (C=O) groups is 3. The third kappa shape index (κ3) is 5.56. The topological polar surface area (TPSA) is 95.9 Å². The molecule has 1 atom stereocenters. The summed E-state index contributed by atoms with van der Waals surface area (Å²) in [5, 5.41) is 10.4. The highest BCUT2D eigenvalue weighted by molar-refractivity contribution is 8.26. The van der Waals surface area contributed by atoms with Crippen molar-refractivity contribution in [3.63, 3.8) is 0 Å². The van der Waals surface area contributed by atoms with Crippen molar-refractivity contribution in [2.75, 3.05) is 0 Å². The molecule has 2 N–H and O–H groups in total. The number of thioether (sulfide) groups is 1. The predicted molar refractivity (Wildman–Crippen MR) is 123 cm³/mol. The van der Waals surface area contributed by atoms with E-state index in [0.29, 0.717) is 21.2 Å². The number of nitrogens with zero attached hydrogens (tertiary/aromatic N) is 1. The first-order valence-electron chi connectivity index (χ1n) is 8.69. The summed E-state index contributed by atoms with van der Waals surface area (Å²) in [6.45, 7) is 1.42. The van der Waals surface area contributed by atoms with E-state index in [9.17, 15) is 14.4 Å². The minimum atomic E-state index is -1.07. The van der Waals surface area contributed by atoms with Gasteiger partial charge in [-0.25, -0.2) is 4.79 Å². The number of aliphatic carboxylic acids is 1. The maximum Gasteiger partial charge on any atom is 0.344 e. The highest BCUT2D eigenvalue weighted by Gasteiger charge is 2.34. The number of hydrogen-bond acceptors (Lipinski definition) is 6. The molecule has 0 spiro atoms. The number of rotatable bonds is 6. The Labute approximate surface area is 196 Å². The number of carboxylic acid groups (broad SMARTS) is 1. The molecular formula is C20H14Cl2N2O5S2. The second-order valence-corrected chi connectivity index (χ2v) is 8.77. The Morgan fingerprint density at radius 2 is 1.90 bits per heavy atom. The van der Waals surface area contributed by atoms with Crippen LogP contribution in [0.3, 0.4) is 0 Å². The first-order chi connectivity index (χ1) is 14.7. The summed E-state index contributed by atoms with van der Waals surface area (Å²) in [4.78, 5) is 36.4. The van der Waals surface area contributed by atoms with E-state index in [4.69, 9.17) is 45.3 Å². The third-order valence-electron chi connectivity index (χ3n) is 4.02. The van der Waals surface area contributed by atoms with E-state index in [1.165, 1.54) is 25.1 Å². The molecule has 0 aromatic heterocycles. The first-order valence-corrected chi connectivity index (χ1v) is 10.7. The lowest BCUT2D eigenvalue weighted by atomic mass is 10.2. The van der Waals surface area contributed by atoms with E-state index in [1.54, 1.807) is 30.3 Å². The summed E-state index contributed by atoms with van der Waals surface area (Å²) >= 11 is 18.1. The van der Waals surface area contributed by atoms with Gasteiger partial charge in [0.2, 0.25) is 0 Å². The number of amides is 2. The van der Waals surface area contributed by atoms with E-state index in [0.717, 1.165) is 16.8 Å². The first kappa shape index (κ1) is 23.1. The molecule has 1 heterocycles. The van der Waals surface area contributed by atoms with E-state index >= 15 is 0 Å². The van der Waals surface area contributed by atoms with Gasteiger partial charge < -0.3 is 9.84 Å². The maximum absolute atomic E-state index is 12.7. The van der Waals surface area contributed by atoms with Gasteiger partial charge >= 0.3 is 5.97 Å². The summed E-state index contributed by atoms with van der Waals surface area (Å²) in [5.41, 5.74) is 3.27. The molecule has 0 bridgehead atoms. The van der Waals surface area contributed by atoms with Crippen LogP contribution < -0.4 is 10.2 Å². The zero-order valence-electron chi connectivity index (χ0n) is 15.8. The van der Waals surface area contributed by atoms with Gasteiger partial charge in [0.15, 0.2) is 10.4 Å². The zero-order chi connectivity index (χ0) is 22.7. The Morgan fingerprint density at radius 1 is 1.23 bits per heavy atom. The Morgan fingerprint density at radius 3 is 2.52 bits per heavy atom. The molecule has 31 heavy (non-hydrogen) atoms. The van der Waals surface area contributed by atoms with Gasteiger partial charge in [0.25, 0.3) is 11.8 Å². The average molecular weight is 497 g/mol. The zero-order valence-corrected chi connectivity index (χ0v) is 18.9. The fraction of sp³-hybridized carbons (Fsp3) is 0.100. The molecule has 160 valence electrons. The Balaban J connectivity index is 1.71. The number of halogens is 2. The minimum absolute atomic E-state index is 0.144. The van der Waals surface area contributed by atoms with Crippen LogP contribution in [-0.4, -0.2) is 38.3 Å². The minimum Gasteiger partial charge on any atom is -0.479 e. The van der Waals surface area contributed by atoms with Crippen LogP contribution in [0.4, 0.5) is 0 Å². The summed E-state index contributed by atoms with van der Waals surface area (Å²) in [6, 6.07) is 10.9. The van der Waals surface area contributed by atoms with Gasteiger partial charge in [-0.1, -0.05) is 47.1 Å². The van der Waals surface area contributed by atoms with Crippen molar-refractivity contribution in [1.82, 2.24) is 10.4 Å². The van der Waals surface area contributed by atoms with Crippen LogP contribution in [0.5, 0.6) is 5.75 Å². The lowest BCUT2D eigenvalue weighted by Gasteiger charge is -2.16. The normalized spacial score (nSPS) is 15.8. The second-order valence-electron chi connectivity index (χ2n) is 6.25. The number of carboxylic acids is 1. The lowest BCUT2D eigenvalue weighted by Crippen LogP contribution is -2.44. The smallest absolute Gasteiger partial charge is 0.344 e.